The first kappa shape index (κ1) is 19.4. The number of amides is 1. The first-order valence-electron chi connectivity index (χ1n) is 8.37. The van der Waals surface area contributed by atoms with Crippen LogP contribution in [0.4, 0.5) is 11.4 Å². The third-order valence-electron chi connectivity index (χ3n) is 4.25. The summed E-state index contributed by atoms with van der Waals surface area (Å²) in [4.78, 5) is 25.0. The highest BCUT2D eigenvalue weighted by atomic mass is 16.6. The van der Waals surface area contributed by atoms with Gasteiger partial charge in [-0.05, 0) is 37.2 Å². The molecule has 0 heterocycles. The quantitative estimate of drug-likeness (QED) is 0.576. The first-order valence-corrected chi connectivity index (χ1v) is 8.37. The molecule has 0 aromatic heterocycles. The summed E-state index contributed by atoms with van der Waals surface area (Å²) in [7, 11) is 1.61. The summed E-state index contributed by atoms with van der Waals surface area (Å²) >= 11 is 0. The van der Waals surface area contributed by atoms with Crippen LogP contribution in [0.5, 0.6) is 5.75 Å². The van der Waals surface area contributed by atoms with Crippen molar-refractivity contribution in [2.24, 2.45) is 0 Å². The average molecular weight is 357 g/mol. The molecular weight excluding hydrogens is 334 g/mol. The highest BCUT2D eigenvalue weighted by molar-refractivity contribution is 5.94. The predicted molar refractivity (Wildman–Crippen MR) is 100 cm³/mol. The Kier molecular flexibility index (Phi) is 6.68. The Balaban J connectivity index is 2.09. The van der Waals surface area contributed by atoms with E-state index in [1.54, 1.807) is 19.2 Å². The van der Waals surface area contributed by atoms with E-state index < -0.39 is 4.92 Å². The number of hydrogen-bond donors (Lipinski definition) is 1. The van der Waals surface area contributed by atoms with E-state index >= 15 is 0 Å². The van der Waals surface area contributed by atoms with E-state index in [-0.39, 0.29) is 29.9 Å². The van der Waals surface area contributed by atoms with Gasteiger partial charge in [0.25, 0.3) is 5.69 Å². The Bertz CT molecular complexity index is 779. The van der Waals surface area contributed by atoms with E-state index in [2.05, 4.69) is 5.32 Å². The molecule has 0 radical (unpaired) electrons. The van der Waals surface area contributed by atoms with Crippen molar-refractivity contribution in [3.63, 3.8) is 0 Å². The number of para-hydroxylation sites is 2. The Hall–Kier alpha value is -2.93. The number of nitrogens with one attached hydrogen (secondary N) is 1. The standard InChI is InChI=1S/C19H23N3O4/c1-4-21(14(2)15-8-7-9-16(12-15)26-3)13-19(23)20-17-10-5-6-11-18(17)22(24)25/h5-12,14H,4,13H2,1-3H3,(H,20,23). The molecule has 0 aliphatic carbocycles. The van der Waals surface area contributed by atoms with Crippen LogP contribution in [0.3, 0.4) is 0 Å². The number of anilines is 1. The fourth-order valence-electron chi connectivity index (χ4n) is 2.75. The molecule has 7 nitrogen and oxygen atoms in total. The van der Waals surface area contributed by atoms with Crippen LogP contribution in [0.1, 0.15) is 25.5 Å². The van der Waals surface area contributed by atoms with Crippen LogP contribution >= 0.6 is 0 Å². The number of nitrogens with zero attached hydrogens (tertiary/aromatic N) is 2. The summed E-state index contributed by atoms with van der Waals surface area (Å²) in [6.07, 6.45) is 0. The van der Waals surface area contributed by atoms with Crippen LogP contribution in [-0.2, 0) is 4.79 Å². The van der Waals surface area contributed by atoms with Crippen molar-refractivity contribution in [2.45, 2.75) is 19.9 Å². The number of likely N-dealkylation sites (N-methyl/N-ethyl adjacent to an activating group) is 1. The van der Waals surface area contributed by atoms with Crippen LogP contribution in [0.25, 0.3) is 0 Å². The largest absolute Gasteiger partial charge is 0.497 e. The molecule has 2 aromatic carbocycles. The molecule has 1 amide bonds. The van der Waals surface area contributed by atoms with Gasteiger partial charge in [-0.2, -0.15) is 0 Å². The normalized spacial score (nSPS) is 11.8. The molecule has 0 spiro atoms. The lowest BCUT2D eigenvalue weighted by Gasteiger charge is -2.27. The fraction of sp³-hybridized carbons (Fsp3) is 0.316. The van der Waals surface area contributed by atoms with Gasteiger partial charge in [0, 0.05) is 12.1 Å². The van der Waals surface area contributed by atoms with Crippen molar-refractivity contribution in [2.75, 3.05) is 25.5 Å². The summed E-state index contributed by atoms with van der Waals surface area (Å²) in [6, 6.07) is 13.8. The van der Waals surface area contributed by atoms with Crippen LogP contribution in [-0.4, -0.2) is 35.9 Å². The predicted octanol–water partition coefficient (Wildman–Crippen LogP) is 3.63. The van der Waals surface area contributed by atoms with Gasteiger partial charge in [-0.1, -0.05) is 31.2 Å². The van der Waals surface area contributed by atoms with Gasteiger partial charge in [0.1, 0.15) is 11.4 Å². The first-order chi connectivity index (χ1) is 12.5. The second-order valence-electron chi connectivity index (χ2n) is 5.84. The second kappa shape index (κ2) is 8.96. The van der Waals surface area contributed by atoms with E-state index in [0.717, 1.165) is 11.3 Å². The maximum absolute atomic E-state index is 12.4. The summed E-state index contributed by atoms with van der Waals surface area (Å²) in [6.45, 7) is 4.76. The van der Waals surface area contributed by atoms with Crippen LogP contribution < -0.4 is 10.1 Å². The van der Waals surface area contributed by atoms with Crippen molar-refractivity contribution < 1.29 is 14.5 Å². The molecule has 0 fully saturated rings. The molecule has 2 rings (SSSR count). The number of carbonyl (C=O) groups excluding carboxylic acids is 1. The Labute approximate surface area is 152 Å². The molecule has 0 bridgehead atoms. The minimum absolute atomic E-state index is 0.00777. The van der Waals surface area contributed by atoms with Gasteiger partial charge in [-0.3, -0.25) is 19.8 Å². The summed E-state index contributed by atoms with van der Waals surface area (Å²) in [5, 5.41) is 13.7. The molecule has 1 unspecified atom stereocenters. The number of nitro benzene ring substituents is 1. The van der Waals surface area contributed by atoms with Gasteiger partial charge in [0.15, 0.2) is 0 Å². The number of carbonyl (C=O) groups is 1. The molecule has 1 atom stereocenters. The van der Waals surface area contributed by atoms with E-state index in [1.165, 1.54) is 12.1 Å². The molecule has 1 N–H and O–H groups in total. The van der Waals surface area contributed by atoms with E-state index in [4.69, 9.17) is 4.74 Å². The summed E-state index contributed by atoms with van der Waals surface area (Å²) in [5.74, 6) is 0.464. The number of nitro groups is 1. The molecule has 2 aromatic rings. The maximum Gasteiger partial charge on any atom is 0.292 e. The lowest BCUT2D eigenvalue weighted by molar-refractivity contribution is -0.383. The Morgan fingerprint density at radius 3 is 2.65 bits per heavy atom. The lowest BCUT2D eigenvalue weighted by Crippen LogP contribution is -2.35. The van der Waals surface area contributed by atoms with Crippen molar-refractivity contribution in [3.05, 3.63) is 64.2 Å². The zero-order chi connectivity index (χ0) is 19.1. The zero-order valence-corrected chi connectivity index (χ0v) is 15.1. The molecule has 0 saturated heterocycles. The molecule has 0 aliphatic rings. The highest BCUT2D eigenvalue weighted by Gasteiger charge is 2.20. The Morgan fingerprint density at radius 1 is 1.27 bits per heavy atom. The number of methoxy groups -OCH3 is 1. The van der Waals surface area contributed by atoms with Crippen LogP contribution in [0.2, 0.25) is 0 Å². The molecule has 0 aliphatic heterocycles. The molecule has 138 valence electrons. The van der Waals surface area contributed by atoms with Gasteiger partial charge >= 0.3 is 0 Å². The number of ether oxygens (including phenoxy) is 1. The third kappa shape index (κ3) is 4.80. The average Bonchev–Trinajstić information content (AvgIpc) is 2.65. The van der Waals surface area contributed by atoms with E-state index in [0.29, 0.717) is 6.54 Å². The molecular formula is C19H23N3O4. The lowest BCUT2D eigenvalue weighted by atomic mass is 10.1. The zero-order valence-electron chi connectivity index (χ0n) is 15.1. The summed E-state index contributed by atoms with van der Waals surface area (Å²) in [5.41, 5.74) is 1.11. The summed E-state index contributed by atoms with van der Waals surface area (Å²) < 4.78 is 5.25. The number of rotatable bonds is 8. The van der Waals surface area contributed by atoms with E-state index in [9.17, 15) is 14.9 Å². The van der Waals surface area contributed by atoms with Gasteiger partial charge in [-0.15, -0.1) is 0 Å². The van der Waals surface area contributed by atoms with Gasteiger partial charge < -0.3 is 10.1 Å². The number of hydrogen-bond acceptors (Lipinski definition) is 5. The number of benzene rings is 2. The van der Waals surface area contributed by atoms with Gasteiger partial charge in [-0.25, -0.2) is 0 Å². The minimum atomic E-state index is -0.508. The maximum atomic E-state index is 12.4. The smallest absolute Gasteiger partial charge is 0.292 e. The Morgan fingerprint density at radius 2 is 2.00 bits per heavy atom. The molecule has 26 heavy (non-hydrogen) atoms. The highest BCUT2D eigenvalue weighted by Crippen LogP contribution is 2.25. The van der Waals surface area contributed by atoms with Gasteiger partial charge in [0.05, 0.1) is 18.6 Å². The second-order valence-corrected chi connectivity index (χ2v) is 5.84. The van der Waals surface area contributed by atoms with Crippen molar-refractivity contribution in [1.82, 2.24) is 4.90 Å². The molecule has 0 saturated carbocycles. The van der Waals surface area contributed by atoms with Crippen molar-refractivity contribution >= 4 is 17.3 Å². The van der Waals surface area contributed by atoms with Crippen LogP contribution in [0.15, 0.2) is 48.5 Å². The molecule has 7 heteroatoms. The third-order valence-corrected chi connectivity index (χ3v) is 4.25. The van der Waals surface area contributed by atoms with Crippen molar-refractivity contribution in [1.29, 1.82) is 0 Å². The minimum Gasteiger partial charge on any atom is -0.497 e. The topological polar surface area (TPSA) is 84.7 Å². The van der Waals surface area contributed by atoms with Crippen LogP contribution in [0, 0.1) is 10.1 Å². The van der Waals surface area contributed by atoms with E-state index in [1.807, 2.05) is 43.0 Å². The van der Waals surface area contributed by atoms with Gasteiger partial charge in [0.2, 0.25) is 5.91 Å². The SMILES string of the molecule is CCN(CC(=O)Nc1ccccc1[N+](=O)[O-])C(C)c1cccc(OC)c1. The fourth-order valence-corrected chi connectivity index (χ4v) is 2.75. The van der Waals surface area contributed by atoms with Crippen molar-refractivity contribution in [3.8, 4) is 5.75 Å². The monoisotopic (exact) mass is 357 g/mol.